The van der Waals surface area contributed by atoms with E-state index in [0.29, 0.717) is 15.8 Å². The molecule has 0 amide bonds. The minimum absolute atomic E-state index is 0.0575. The number of carboxylic acid groups (broad SMARTS) is 1. The quantitative estimate of drug-likeness (QED) is 0.887. The van der Waals surface area contributed by atoms with Crippen LogP contribution >= 0.6 is 15.9 Å². The first kappa shape index (κ1) is 13.0. The Kier molecular flexibility index (Phi) is 4.32. The van der Waals surface area contributed by atoms with E-state index in [0.717, 1.165) is 5.56 Å². The summed E-state index contributed by atoms with van der Waals surface area (Å²) in [6.07, 6.45) is 0. The molecule has 1 unspecified atom stereocenters. The van der Waals surface area contributed by atoms with Crippen molar-refractivity contribution in [2.24, 2.45) is 5.73 Å². The van der Waals surface area contributed by atoms with Crippen LogP contribution in [0.25, 0.3) is 0 Å². The van der Waals surface area contributed by atoms with Crippen LogP contribution in [0.2, 0.25) is 0 Å². The second-order valence-corrected chi connectivity index (χ2v) is 4.23. The zero-order valence-electron chi connectivity index (χ0n) is 9.16. The van der Waals surface area contributed by atoms with Gasteiger partial charge in [0.15, 0.2) is 0 Å². The van der Waals surface area contributed by atoms with Crippen molar-refractivity contribution in [3.8, 4) is 5.75 Å². The number of rotatable bonds is 4. The van der Waals surface area contributed by atoms with Gasteiger partial charge in [-0.25, -0.2) is 0 Å². The topological polar surface area (TPSA) is 72.5 Å². The molecule has 0 aromatic heterocycles. The molecule has 1 atom stereocenters. The zero-order chi connectivity index (χ0) is 12.3. The summed E-state index contributed by atoms with van der Waals surface area (Å²) in [4.78, 5) is 11.1. The normalized spacial score (nSPS) is 12.2. The van der Waals surface area contributed by atoms with Crippen molar-refractivity contribution in [1.29, 1.82) is 0 Å². The molecule has 0 heterocycles. The van der Waals surface area contributed by atoms with Gasteiger partial charge in [0.05, 0.1) is 17.5 Å². The molecule has 0 saturated carbocycles. The summed E-state index contributed by atoms with van der Waals surface area (Å²) in [5.41, 5.74) is 7.05. The van der Waals surface area contributed by atoms with Crippen LogP contribution in [0.15, 0.2) is 16.6 Å². The van der Waals surface area contributed by atoms with E-state index >= 15 is 0 Å². The van der Waals surface area contributed by atoms with Gasteiger partial charge in [-0.15, -0.1) is 0 Å². The highest BCUT2D eigenvalue weighted by molar-refractivity contribution is 9.10. The van der Waals surface area contributed by atoms with E-state index < -0.39 is 11.9 Å². The largest absolute Gasteiger partial charge is 0.496 e. The molecule has 0 aliphatic carbocycles. The molecule has 88 valence electrons. The second kappa shape index (κ2) is 5.32. The summed E-state index contributed by atoms with van der Waals surface area (Å²) in [6.45, 7) is 1.91. The summed E-state index contributed by atoms with van der Waals surface area (Å²) in [6, 6.07) is 3.61. The highest BCUT2D eigenvalue weighted by atomic mass is 79.9. The van der Waals surface area contributed by atoms with Crippen molar-refractivity contribution < 1.29 is 14.6 Å². The maximum Gasteiger partial charge on any atom is 0.312 e. The minimum atomic E-state index is -0.931. The van der Waals surface area contributed by atoms with Crippen LogP contribution in [-0.4, -0.2) is 24.7 Å². The summed E-state index contributed by atoms with van der Waals surface area (Å²) in [5, 5.41) is 9.10. The summed E-state index contributed by atoms with van der Waals surface area (Å²) < 4.78 is 5.79. The molecule has 4 nitrogen and oxygen atoms in total. The van der Waals surface area contributed by atoms with E-state index in [4.69, 9.17) is 15.6 Å². The molecule has 16 heavy (non-hydrogen) atoms. The van der Waals surface area contributed by atoms with Crippen LogP contribution in [0, 0.1) is 6.92 Å². The molecule has 0 radical (unpaired) electrons. The lowest BCUT2D eigenvalue weighted by Crippen LogP contribution is -2.22. The van der Waals surface area contributed by atoms with Crippen LogP contribution in [0.4, 0.5) is 0 Å². The van der Waals surface area contributed by atoms with Crippen molar-refractivity contribution in [1.82, 2.24) is 0 Å². The van der Waals surface area contributed by atoms with Gasteiger partial charge >= 0.3 is 5.97 Å². The van der Waals surface area contributed by atoms with Crippen molar-refractivity contribution in [2.75, 3.05) is 13.7 Å². The fourth-order valence-electron chi connectivity index (χ4n) is 1.60. The Morgan fingerprint density at radius 3 is 2.69 bits per heavy atom. The number of ether oxygens (including phenoxy) is 1. The fourth-order valence-corrected chi connectivity index (χ4v) is 2.48. The van der Waals surface area contributed by atoms with E-state index in [-0.39, 0.29) is 6.54 Å². The molecule has 0 aliphatic rings. The number of carbonyl (C=O) groups is 1. The first-order valence-electron chi connectivity index (χ1n) is 4.78. The first-order valence-corrected chi connectivity index (χ1v) is 5.58. The lowest BCUT2D eigenvalue weighted by molar-refractivity contribution is -0.138. The lowest BCUT2D eigenvalue weighted by atomic mass is 9.94. The predicted molar refractivity (Wildman–Crippen MR) is 64.9 cm³/mol. The smallest absolute Gasteiger partial charge is 0.312 e. The van der Waals surface area contributed by atoms with Gasteiger partial charge < -0.3 is 15.6 Å². The first-order chi connectivity index (χ1) is 7.52. The number of methoxy groups -OCH3 is 1. The minimum Gasteiger partial charge on any atom is -0.496 e. The number of nitrogens with two attached hydrogens (primary N) is 1. The number of aryl methyl sites for hydroxylation is 1. The summed E-state index contributed by atoms with van der Waals surface area (Å²) in [7, 11) is 1.54. The molecule has 5 heteroatoms. The van der Waals surface area contributed by atoms with Gasteiger partial charge in [0.25, 0.3) is 0 Å². The zero-order valence-corrected chi connectivity index (χ0v) is 10.7. The van der Waals surface area contributed by atoms with E-state index in [1.165, 1.54) is 7.11 Å². The van der Waals surface area contributed by atoms with Gasteiger partial charge in [0, 0.05) is 6.54 Å². The van der Waals surface area contributed by atoms with Crippen LogP contribution in [0.5, 0.6) is 5.75 Å². The Balaban J connectivity index is 3.35. The fraction of sp³-hybridized carbons (Fsp3) is 0.364. The van der Waals surface area contributed by atoms with Gasteiger partial charge in [0.2, 0.25) is 0 Å². The summed E-state index contributed by atoms with van der Waals surface area (Å²) >= 11 is 3.36. The maximum atomic E-state index is 11.1. The third-order valence-electron chi connectivity index (χ3n) is 2.46. The number of carboxylic acids is 1. The molecule has 3 N–H and O–H groups in total. The highest BCUT2D eigenvalue weighted by Gasteiger charge is 2.24. The van der Waals surface area contributed by atoms with Gasteiger partial charge in [-0.2, -0.15) is 0 Å². The van der Waals surface area contributed by atoms with E-state index in [2.05, 4.69) is 15.9 Å². The highest BCUT2D eigenvalue weighted by Crippen LogP contribution is 2.35. The number of hydrogen-bond donors (Lipinski definition) is 2. The van der Waals surface area contributed by atoms with E-state index in [1.54, 1.807) is 6.07 Å². The van der Waals surface area contributed by atoms with E-state index in [9.17, 15) is 4.79 Å². The summed E-state index contributed by atoms with van der Waals surface area (Å²) in [5.74, 6) is -1.04. The Bertz CT molecular complexity index is 406. The lowest BCUT2D eigenvalue weighted by Gasteiger charge is -2.17. The standard InChI is InChI=1S/C11H14BrNO3/c1-6-3-4-8(16-2)10(12)9(6)7(5-13)11(14)15/h3-4,7H,5,13H2,1-2H3,(H,14,15). The molecular weight excluding hydrogens is 274 g/mol. The molecule has 1 aromatic rings. The van der Waals surface area contributed by atoms with Crippen molar-refractivity contribution in [3.63, 3.8) is 0 Å². The molecule has 0 fully saturated rings. The number of benzene rings is 1. The van der Waals surface area contributed by atoms with Crippen LogP contribution in [-0.2, 0) is 4.79 Å². The van der Waals surface area contributed by atoms with Crippen LogP contribution in [0.1, 0.15) is 17.0 Å². The van der Waals surface area contributed by atoms with Crippen LogP contribution in [0.3, 0.4) is 0 Å². The molecule has 1 aromatic carbocycles. The van der Waals surface area contributed by atoms with Crippen molar-refractivity contribution in [2.45, 2.75) is 12.8 Å². The number of hydrogen-bond acceptors (Lipinski definition) is 3. The van der Waals surface area contributed by atoms with Gasteiger partial charge in [-0.05, 0) is 40.0 Å². The third-order valence-corrected chi connectivity index (χ3v) is 3.28. The molecular formula is C11H14BrNO3. The SMILES string of the molecule is COc1ccc(C)c(C(CN)C(=O)O)c1Br. The third kappa shape index (κ3) is 2.36. The maximum absolute atomic E-state index is 11.1. The Hall–Kier alpha value is -1.07. The van der Waals surface area contributed by atoms with E-state index in [1.807, 2.05) is 13.0 Å². The number of aliphatic carboxylic acids is 1. The monoisotopic (exact) mass is 287 g/mol. The Morgan fingerprint density at radius 1 is 1.62 bits per heavy atom. The molecule has 0 aliphatic heterocycles. The van der Waals surface area contributed by atoms with Gasteiger partial charge in [-0.1, -0.05) is 6.07 Å². The molecule has 0 spiro atoms. The molecule has 1 rings (SSSR count). The van der Waals surface area contributed by atoms with Crippen molar-refractivity contribution in [3.05, 3.63) is 27.7 Å². The second-order valence-electron chi connectivity index (χ2n) is 3.44. The van der Waals surface area contributed by atoms with Crippen LogP contribution < -0.4 is 10.5 Å². The predicted octanol–water partition coefficient (Wildman–Crippen LogP) is 1.89. The average molecular weight is 288 g/mol. The average Bonchev–Trinajstić information content (AvgIpc) is 2.23. The van der Waals surface area contributed by atoms with Gasteiger partial charge in [0.1, 0.15) is 5.75 Å². The van der Waals surface area contributed by atoms with Gasteiger partial charge in [-0.3, -0.25) is 4.79 Å². The molecule has 0 saturated heterocycles. The Labute approximate surface area is 103 Å². The Morgan fingerprint density at radius 2 is 2.25 bits per heavy atom. The van der Waals surface area contributed by atoms with Crippen molar-refractivity contribution >= 4 is 21.9 Å². The molecule has 0 bridgehead atoms. The number of halogens is 1.